The van der Waals surface area contributed by atoms with Gasteiger partial charge in [-0.1, -0.05) is 12.8 Å². The maximum atomic E-state index is 12.3. The maximum absolute atomic E-state index is 12.3. The lowest BCUT2D eigenvalue weighted by Crippen LogP contribution is -2.15. The molecule has 2 aliphatic carbocycles. The quantitative estimate of drug-likeness (QED) is 0.888. The van der Waals surface area contributed by atoms with E-state index in [9.17, 15) is 9.90 Å². The number of carbonyl (C=O) groups excluding carboxylic acids is 1. The Kier molecular flexibility index (Phi) is 3.66. The highest BCUT2D eigenvalue weighted by atomic mass is 16.5. The fraction of sp³-hybridized carbons (Fsp3) is 0.562. The van der Waals surface area contributed by atoms with Crippen LogP contribution in [0.25, 0.3) is 0 Å². The summed E-state index contributed by atoms with van der Waals surface area (Å²) in [7, 11) is 1.57. The zero-order chi connectivity index (χ0) is 14.1. The Balaban J connectivity index is 1.67. The fourth-order valence-corrected chi connectivity index (χ4v) is 3.59. The van der Waals surface area contributed by atoms with Crippen LogP contribution in [0, 0.1) is 17.8 Å². The van der Waals surface area contributed by atoms with Crippen LogP contribution in [0.2, 0.25) is 0 Å². The first-order valence-electron chi connectivity index (χ1n) is 7.33. The highest BCUT2D eigenvalue weighted by molar-refractivity contribution is 5.95. The molecule has 4 heteroatoms. The standard InChI is InChI=1S/C16H21NO3/c1-20-14-7-6-11(8-10(14)9-18)17-16(19)15-12-4-2-3-5-13(12)15/h6-8,12-13,15,18H,2-5,9H2,1H3,(H,17,19). The molecule has 1 amide bonds. The molecular formula is C16H21NO3. The van der Waals surface area contributed by atoms with Crippen molar-refractivity contribution >= 4 is 11.6 Å². The van der Waals surface area contributed by atoms with E-state index < -0.39 is 0 Å². The predicted octanol–water partition coefficient (Wildman–Crippen LogP) is 2.56. The van der Waals surface area contributed by atoms with Gasteiger partial charge in [-0.25, -0.2) is 0 Å². The summed E-state index contributed by atoms with van der Waals surface area (Å²) in [6, 6.07) is 5.38. The van der Waals surface area contributed by atoms with Crippen molar-refractivity contribution in [2.24, 2.45) is 17.8 Å². The molecule has 0 spiro atoms. The first-order valence-corrected chi connectivity index (χ1v) is 7.33. The zero-order valence-corrected chi connectivity index (χ0v) is 11.8. The van der Waals surface area contributed by atoms with Gasteiger partial charge in [-0.15, -0.1) is 0 Å². The molecule has 2 fully saturated rings. The molecule has 2 N–H and O–H groups in total. The number of benzene rings is 1. The number of fused-ring (bicyclic) bond motifs is 1. The summed E-state index contributed by atoms with van der Waals surface area (Å²) in [6.45, 7) is -0.0957. The summed E-state index contributed by atoms with van der Waals surface area (Å²) in [5, 5.41) is 12.3. The summed E-state index contributed by atoms with van der Waals surface area (Å²) in [4.78, 5) is 12.3. The monoisotopic (exact) mass is 275 g/mol. The molecule has 3 rings (SSSR count). The van der Waals surface area contributed by atoms with Crippen LogP contribution in [0.1, 0.15) is 31.2 Å². The minimum atomic E-state index is -0.0957. The number of aliphatic hydroxyl groups excluding tert-OH is 1. The average Bonchev–Trinajstić information content (AvgIpc) is 3.21. The summed E-state index contributed by atoms with van der Waals surface area (Å²) in [5.41, 5.74) is 1.43. The summed E-state index contributed by atoms with van der Waals surface area (Å²) in [6.07, 6.45) is 4.94. The van der Waals surface area contributed by atoms with Gasteiger partial charge in [0.2, 0.25) is 5.91 Å². The maximum Gasteiger partial charge on any atom is 0.228 e. The van der Waals surface area contributed by atoms with Crippen LogP contribution in [0.15, 0.2) is 18.2 Å². The van der Waals surface area contributed by atoms with Gasteiger partial charge >= 0.3 is 0 Å². The third-order valence-corrected chi connectivity index (χ3v) is 4.68. The molecular weight excluding hydrogens is 254 g/mol. The van der Waals surface area contributed by atoms with Gasteiger partial charge in [0.05, 0.1) is 13.7 Å². The molecule has 20 heavy (non-hydrogen) atoms. The van der Waals surface area contributed by atoms with Crippen molar-refractivity contribution in [3.8, 4) is 5.75 Å². The average molecular weight is 275 g/mol. The van der Waals surface area contributed by atoms with E-state index in [1.54, 1.807) is 19.2 Å². The lowest BCUT2D eigenvalue weighted by atomic mass is 10.0. The van der Waals surface area contributed by atoms with E-state index in [4.69, 9.17) is 4.74 Å². The third kappa shape index (κ3) is 2.40. The third-order valence-electron chi connectivity index (χ3n) is 4.68. The number of rotatable bonds is 4. The van der Waals surface area contributed by atoms with Gasteiger partial charge in [0, 0.05) is 17.2 Å². The Hall–Kier alpha value is -1.55. The first-order chi connectivity index (χ1) is 9.74. The van der Waals surface area contributed by atoms with Crippen molar-refractivity contribution in [3.63, 3.8) is 0 Å². The second-order valence-electron chi connectivity index (χ2n) is 5.81. The highest BCUT2D eigenvalue weighted by Gasteiger charge is 2.54. The van der Waals surface area contributed by atoms with Crippen LogP contribution in [-0.4, -0.2) is 18.1 Å². The largest absolute Gasteiger partial charge is 0.496 e. The SMILES string of the molecule is COc1ccc(NC(=O)C2C3CCCCC32)cc1CO. The van der Waals surface area contributed by atoms with Gasteiger partial charge in [0.15, 0.2) is 0 Å². The molecule has 2 atom stereocenters. The van der Waals surface area contributed by atoms with Crippen molar-refractivity contribution in [1.82, 2.24) is 0 Å². The highest BCUT2D eigenvalue weighted by Crippen LogP contribution is 2.55. The minimum Gasteiger partial charge on any atom is -0.496 e. The van der Waals surface area contributed by atoms with Crippen LogP contribution in [0.4, 0.5) is 5.69 Å². The molecule has 2 aliphatic rings. The normalized spacial score (nSPS) is 27.6. The number of hydrogen-bond donors (Lipinski definition) is 2. The topological polar surface area (TPSA) is 58.6 Å². The van der Waals surface area contributed by atoms with Gasteiger partial charge < -0.3 is 15.2 Å². The second kappa shape index (κ2) is 5.44. The molecule has 0 aliphatic heterocycles. The fourth-order valence-electron chi connectivity index (χ4n) is 3.59. The van der Waals surface area contributed by atoms with Crippen molar-refractivity contribution in [3.05, 3.63) is 23.8 Å². The number of methoxy groups -OCH3 is 1. The molecule has 2 unspecified atom stereocenters. The molecule has 0 aromatic heterocycles. The second-order valence-corrected chi connectivity index (χ2v) is 5.81. The number of amides is 1. The summed E-state index contributed by atoms with van der Waals surface area (Å²) < 4.78 is 5.16. The first kappa shape index (κ1) is 13.4. The van der Waals surface area contributed by atoms with Crippen LogP contribution in [-0.2, 0) is 11.4 Å². The van der Waals surface area contributed by atoms with Crippen LogP contribution in [0.3, 0.4) is 0 Å². The van der Waals surface area contributed by atoms with Crippen molar-refractivity contribution in [2.45, 2.75) is 32.3 Å². The van der Waals surface area contributed by atoms with Crippen molar-refractivity contribution < 1.29 is 14.6 Å². The molecule has 1 aromatic rings. The molecule has 4 nitrogen and oxygen atoms in total. The Morgan fingerprint density at radius 2 is 2.05 bits per heavy atom. The number of ether oxygens (including phenoxy) is 1. The number of aliphatic hydroxyl groups is 1. The Labute approximate surface area is 119 Å². The van der Waals surface area contributed by atoms with E-state index in [-0.39, 0.29) is 18.4 Å². The van der Waals surface area contributed by atoms with Crippen molar-refractivity contribution in [1.29, 1.82) is 0 Å². The predicted molar refractivity (Wildman–Crippen MR) is 76.5 cm³/mol. The smallest absolute Gasteiger partial charge is 0.228 e. The van der Waals surface area contributed by atoms with Crippen molar-refractivity contribution in [2.75, 3.05) is 12.4 Å². The van der Waals surface area contributed by atoms with E-state index in [0.29, 0.717) is 23.1 Å². The van der Waals surface area contributed by atoms with Gasteiger partial charge in [0.25, 0.3) is 0 Å². The molecule has 1 aromatic carbocycles. The zero-order valence-electron chi connectivity index (χ0n) is 11.8. The van der Waals surface area contributed by atoms with Crippen LogP contribution in [0.5, 0.6) is 5.75 Å². The molecule has 0 bridgehead atoms. The molecule has 0 heterocycles. The van der Waals surface area contributed by atoms with Gasteiger partial charge in [0.1, 0.15) is 5.75 Å². The lowest BCUT2D eigenvalue weighted by molar-refractivity contribution is -0.117. The summed E-state index contributed by atoms with van der Waals surface area (Å²) in [5.74, 6) is 2.21. The van der Waals surface area contributed by atoms with Crippen LogP contribution >= 0.6 is 0 Å². The Bertz CT molecular complexity index is 502. The van der Waals surface area contributed by atoms with E-state index >= 15 is 0 Å². The number of carbonyl (C=O) groups is 1. The number of hydrogen-bond acceptors (Lipinski definition) is 3. The minimum absolute atomic E-state index is 0.0957. The Morgan fingerprint density at radius 1 is 1.35 bits per heavy atom. The van der Waals surface area contributed by atoms with E-state index in [1.165, 1.54) is 25.7 Å². The van der Waals surface area contributed by atoms with E-state index in [1.807, 2.05) is 6.07 Å². The molecule has 108 valence electrons. The number of nitrogens with one attached hydrogen (secondary N) is 1. The van der Waals surface area contributed by atoms with E-state index in [0.717, 1.165) is 5.69 Å². The van der Waals surface area contributed by atoms with E-state index in [2.05, 4.69) is 5.32 Å². The lowest BCUT2D eigenvalue weighted by Gasteiger charge is -2.10. The summed E-state index contributed by atoms with van der Waals surface area (Å²) >= 11 is 0. The molecule has 2 saturated carbocycles. The molecule has 0 saturated heterocycles. The van der Waals surface area contributed by atoms with Crippen LogP contribution < -0.4 is 10.1 Å². The Morgan fingerprint density at radius 3 is 2.65 bits per heavy atom. The van der Waals surface area contributed by atoms with Gasteiger partial charge in [-0.05, 0) is 42.9 Å². The molecule has 0 radical (unpaired) electrons. The number of anilines is 1. The van der Waals surface area contributed by atoms with Gasteiger partial charge in [-0.3, -0.25) is 4.79 Å². The van der Waals surface area contributed by atoms with Gasteiger partial charge in [-0.2, -0.15) is 0 Å².